The highest BCUT2D eigenvalue weighted by molar-refractivity contribution is 6.00. The van der Waals surface area contributed by atoms with Crippen LogP contribution in [0.25, 0.3) is 5.65 Å². The third-order valence-corrected chi connectivity index (χ3v) is 6.08. The lowest BCUT2D eigenvalue weighted by molar-refractivity contribution is 0.0826. The van der Waals surface area contributed by atoms with E-state index in [9.17, 15) is 14.0 Å². The molecule has 4 atom stereocenters. The number of halogens is 1. The highest BCUT2D eigenvalue weighted by Crippen LogP contribution is 2.37. The van der Waals surface area contributed by atoms with E-state index < -0.39 is 18.1 Å². The van der Waals surface area contributed by atoms with E-state index in [2.05, 4.69) is 26.0 Å². The molecule has 10 nitrogen and oxygen atoms in total. The van der Waals surface area contributed by atoms with Crippen molar-refractivity contribution >= 4 is 28.9 Å². The topological polar surface area (TPSA) is 115 Å². The number of pyridine rings is 1. The number of nitrogens with zero attached hydrogens (tertiary/aromatic N) is 4. The molecule has 2 unspecified atom stereocenters. The minimum Gasteiger partial charge on any atom is -0.379 e. The zero-order chi connectivity index (χ0) is 22.4. The Labute approximate surface area is 182 Å². The number of aromatic nitrogens is 4. The smallest absolute Gasteiger partial charge is 0.274 e. The molecule has 5 rings (SSSR count). The van der Waals surface area contributed by atoms with Crippen LogP contribution >= 0.6 is 0 Å². The van der Waals surface area contributed by atoms with Crippen LogP contribution in [0.1, 0.15) is 35.7 Å². The SMILES string of the molecule is CNc1cc(Nc2cccn(C3C[C@H]3OC)c2=O)nc2c(C(=O)NC3CC[C@@H]3F)cnn12. The zero-order valence-corrected chi connectivity index (χ0v) is 17.7. The van der Waals surface area contributed by atoms with Gasteiger partial charge in [0, 0.05) is 26.4 Å². The lowest BCUT2D eigenvalue weighted by Gasteiger charge is -2.30. The van der Waals surface area contributed by atoms with Crippen molar-refractivity contribution < 1.29 is 13.9 Å². The Morgan fingerprint density at radius 1 is 1.34 bits per heavy atom. The molecule has 0 aliphatic heterocycles. The average molecular weight is 441 g/mol. The summed E-state index contributed by atoms with van der Waals surface area (Å²) in [6.45, 7) is 0. The molecule has 0 bridgehead atoms. The van der Waals surface area contributed by atoms with Crippen molar-refractivity contribution in [3.05, 3.63) is 46.5 Å². The number of fused-ring (bicyclic) bond motifs is 1. The number of anilines is 3. The summed E-state index contributed by atoms with van der Waals surface area (Å²) in [6, 6.07) is 4.69. The van der Waals surface area contributed by atoms with Crippen LogP contribution in [0.5, 0.6) is 0 Å². The van der Waals surface area contributed by atoms with Crippen LogP contribution in [0, 0.1) is 0 Å². The van der Waals surface area contributed by atoms with Gasteiger partial charge in [0.25, 0.3) is 11.5 Å². The Balaban J connectivity index is 1.46. The van der Waals surface area contributed by atoms with Gasteiger partial charge in [-0.05, 0) is 31.4 Å². The Kier molecular flexibility index (Phi) is 5.04. The van der Waals surface area contributed by atoms with Gasteiger partial charge in [0.1, 0.15) is 29.1 Å². The van der Waals surface area contributed by atoms with Crippen LogP contribution in [0.15, 0.2) is 35.4 Å². The molecular formula is C21H24FN7O3. The number of carbonyl (C=O) groups is 1. The maximum atomic E-state index is 13.6. The predicted molar refractivity (Wildman–Crippen MR) is 116 cm³/mol. The fourth-order valence-electron chi connectivity index (χ4n) is 3.94. The number of rotatable bonds is 7. The van der Waals surface area contributed by atoms with E-state index in [0.717, 1.165) is 6.42 Å². The molecular weight excluding hydrogens is 417 g/mol. The average Bonchev–Trinajstić information content (AvgIpc) is 3.46. The molecule has 32 heavy (non-hydrogen) atoms. The van der Waals surface area contributed by atoms with E-state index in [1.165, 1.54) is 10.7 Å². The molecule has 11 heteroatoms. The number of alkyl halides is 1. The van der Waals surface area contributed by atoms with Gasteiger partial charge in [-0.3, -0.25) is 9.59 Å². The molecule has 168 valence electrons. The number of carbonyl (C=O) groups excluding carboxylic acids is 1. The number of ether oxygens (including phenoxy) is 1. The molecule has 2 fully saturated rings. The summed E-state index contributed by atoms with van der Waals surface area (Å²) in [5.74, 6) is 0.513. The van der Waals surface area contributed by atoms with E-state index in [1.54, 1.807) is 43.1 Å². The van der Waals surface area contributed by atoms with Gasteiger partial charge >= 0.3 is 0 Å². The molecule has 0 aromatic carbocycles. The van der Waals surface area contributed by atoms with Crippen molar-refractivity contribution in [3.63, 3.8) is 0 Å². The zero-order valence-electron chi connectivity index (χ0n) is 17.7. The van der Waals surface area contributed by atoms with E-state index in [1.807, 2.05) is 0 Å². The summed E-state index contributed by atoms with van der Waals surface area (Å²) in [7, 11) is 3.35. The molecule has 2 saturated carbocycles. The second-order valence-corrected chi connectivity index (χ2v) is 8.08. The normalized spacial score (nSPS) is 24.1. The van der Waals surface area contributed by atoms with Gasteiger partial charge in [0.2, 0.25) is 0 Å². The summed E-state index contributed by atoms with van der Waals surface area (Å²) in [6.07, 6.45) is 4.02. The van der Waals surface area contributed by atoms with Crippen LogP contribution < -0.4 is 21.5 Å². The summed E-state index contributed by atoms with van der Waals surface area (Å²) < 4.78 is 22.1. The number of amides is 1. The molecule has 3 aromatic heterocycles. The Morgan fingerprint density at radius 2 is 2.19 bits per heavy atom. The first kappa shape index (κ1) is 20.4. The van der Waals surface area contributed by atoms with Crippen molar-refractivity contribution in [1.82, 2.24) is 24.5 Å². The summed E-state index contributed by atoms with van der Waals surface area (Å²) in [5.41, 5.74) is 0.698. The van der Waals surface area contributed by atoms with Crippen LogP contribution in [0.3, 0.4) is 0 Å². The van der Waals surface area contributed by atoms with Crippen molar-refractivity contribution in [3.8, 4) is 0 Å². The van der Waals surface area contributed by atoms with Crippen LogP contribution in [0.2, 0.25) is 0 Å². The van der Waals surface area contributed by atoms with Crippen molar-refractivity contribution in [2.75, 3.05) is 24.8 Å². The molecule has 1 amide bonds. The number of hydrogen-bond acceptors (Lipinski definition) is 7. The minimum absolute atomic E-state index is 0.0218. The molecule has 3 N–H and O–H groups in total. The fourth-order valence-corrected chi connectivity index (χ4v) is 3.94. The second-order valence-electron chi connectivity index (χ2n) is 8.08. The van der Waals surface area contributed by atoms with Gasteiger partial charge in [-0.2, -0.15) is 9.61 Å². The van der Waals surface area contributed by atoms with E-state index in [-0.39, 0.29) is 23.3 Å². The maximum Gasteiger partial charge on any atom is 0.274 e. The lowest BCUT2D eigenvalue weighted by Crippen LogP contribution is -2.48. The molecule has 2 aliphatic carbocycles. The number of methoxy groups -OCH3 is 1. The maximum absolute atomic E-state index is 13.6. The largest absolute Gasteiger partial charge is 0.379 e. The van der Waals surface area contributed by atoms with Gasteiger partial charge in [0.15, 0.2) is 5.65 Å². The molecule has 0 spiro atoms. The monoisotopic (exact) mass is 441 g/mol. The van der Waals surface area contributed by atoms with E-state index in [4.69, 9.17) is 4.74 Å². The number of hydrogen-bond donors (Lipinski definition) is 3. The number of nitrogens with one attached hydrogen (secondary N) is 3. The summed E-state index contributed by atoms with van der Waals surface area (Å²) in [5, 5.41) is 13.0. The summed E-state index contributed by atoms with van der Waals surface area (Å²) in [4.78, 5) is 30.2. The van der Waals surface area contributed by atoms with Gasteiger partial charge in [0.05, 0.1) is 24.4 Å². The van der Waals surface area contributed by atoms with Crippen molar-refractivity contribution in [2.45, 2.75) is 43.6 Å². The molecule has 0 saturated heterocycles. The Morgan fingerprint density at radius 3 is 2.84 bits per heavy atom. The Hall–Kier alpha value is -3.47. The van der Waals surface area contributed by atoms with Gasteiger partial charge < -0.3 is 25.3 Å². The molecule has 0 radical (unpaired) electrons. The molecule has 3 aromatic rings. The van der Waals surface area contributed by atoms with E-state index in [0.29, 0.717) is 35.8 Å². The van der Waals surface area contributed by atoms with E-state index >= 15 is 0 Å². The predicted octanol–water partition coefficient (Wildman–Crippen LogP) is 1.87. The minimum atomic E-state index is -1.02. The van der Waals surface area contributed by atoms with Gasteiger partial charge in [-0.25, -0.2) is 9.37 Å². The first-order valence-electron chi connectivity index (χ1n) is 10.5. The van der Waals surface area contributed by atoms with Gasteiger partial charge in [-0.15, -0.1) is 0 Å². The molecule has 3 heterocycles. The van der Waals surface area contributed by atoms with Crippen molar-refractivity contribution in [2.24, 2.45) is 0 Å². The standard InChI is InChI=1S/C21H24FN7O3/c1-23-18-9-17(25-14-4-3-7-28(21(14)31)15-8-16(15)32-2)27-19-11(10-24-29(18)19)20(30)26-13-6-5-12(13)22/h3-4,7,9-10,12-13,15-16,23H,5-6,8H2,1-2H3,(H,25,27)(H,26,30)/t12-,13?,15?,16+/m0/s1. The third kappa shape index (κ3) is 3.48. The van der Waals surface area contributed by atoms with Crippen LogP contribution in [0.4, 0.5) is 21.7 Å². The van der Waals surface area contributed by atoms with Crippen molar-refractivity contribution in [1.29, 1.82) is 0 Å². The van der Waals surface area contributed by atoms with Gasteiger partial charge in [-0.1, -0.05) is 0 Å². The van der Waals surface area contributed by atoms with Crippen LogP contribution in [-0.2, 0) is 4.74 Å². The second kappa shape index (κ2) is 7.90. The fraction of sp³-hybridized carbons (Fsp3) is 0.429. The third-order valence-electron chi connectivity index (χ3n) is 6.08. The lowest BCUT2D eigenvalue weighted by atomic mass is 9.90. The first-order valence-corrected chi connectivity index (χ1v) is 10.5. The molecule has 2 aliphatic rings. The Bertz CT molecular complexity index is 1240. The summed E-state index contributed by atoms with van der Waals surface area (Å²) >= 11 is 0. The highest BCUT2D eigenvalue weighted by Gasteiger charge is 2.39. The quantitative estimate of drug-likeness (QED) is 0.513. The highest BCUT2D eigenvalue weighted by atomic mass is 19.1. The first-order chi connectivity index (χ1) is 15.5. The van der Waals surface area contributed by atoms with Crippen LogP contribution in [-0.4, -0.2) is 57.5 Å².